The van der Waals surface area contributed by atoms with Crippen LogP contribution in [0.1, 0.15) is 118 Å². The predicted molar refractivity (Wildman–Crippen MR) is 179 cm³/mol. The number of benzene rings is 1. The summed E-state index contributed by atoms with van der Waals surface area (Å²) in [6.07, 6.45) is 4.71. The maximum atomic E-state index is 12.7. The third-order valence-corrected chi connectivity index (χ3v) is 13.8. The molecule has 1 spiro atoms. The second kappa shape index (κ2) is 14.7. The molecule has 2 unspecified atom stereocenters. The number of piperidine rings is 1. The van der Waals surface area contributed by atoms with E-state index in [-0.39, 0.29) is 23.1 Å². The van der Waals surface area contributed by atoms with Crippen molar-refractivity contribution in [2.45, 2.75) is 136 Å². The molecule has 2 atom stereocenters. The topological polar surface area (TPSA) is 122 Å². The normalized spacial score (nSPS) is 19.4. The first kappa shape index (κ1) is 36.7. The number of nitrogens with two attached hydrogens (primary N) is 1. The maximum absolute atomic E-state index is 12.7. The van der Waals surface area contributed by atoms with Crippen molar-refractivity contribution in [1.82, 2.24) is 4.90 Å². The fraction of sp³-hybridized carbons (Fsp3) is 0.735. The average molecular weight is 648 g/mol. The van der Waals surface area contributed by atoms with Crippen molar-refractivity contribution in [3.63, 3.8) is 0 Å². The fourth-order valence-electron chi connectivity index (χ4n) is 5.39. The van der Waals surface area contributed by atoms with Gasteiger partial charge in [-0.1, -0.05) is 59.0 Å². The number of nitrogens with zero attached hydrogens (tertiary/aromatic N) is 2. The molecule has 0 bridgehead atoms. The lowest BCUT2D eigenvalue weighted by Crippen LogP contribution is -2.53. The average Bonchev–Trinajstić information content (AvgIpc) is 2.94. The Morgan fingerprint density at radius 2 is 1.80 bits per heavy atom. The van der Waals surface area contributed by atoms with Crippen LogP contribution >= 0.6 is 0 Å². The monoisotopic (exact) mass is 647 g/mol. The van der Waals surface area contributed by atoms with Gasteiger partial charge in [-0.15, -0.1) is 0 Å². The van der Waals surface area contributed by atoms with Gasteiger partial charge in [0.25, 0.3) is 0 Å². The fourth-order valence-corrected chi connectivity index (χ4v) is 6.67. The first-order chi connectivity index (χ1) is 20.9. The van der Waals surface area contributed by atoms with E-state index in [2.05, 4.69) is 52.9 Å². The first-order valence-electron chi connectivity index (χ1n) is 16.5. The molecule has 1 fully saturated rings. The molecule has 45 heavy (non-hydrogen) atoms. The lowest BCUT2D eigenvalue weighted by atomic mass is 9.81. The van der Waals surface area contributed by atoms with E-state index in [1.807, 2.05) is 39.0 Å². The zero-order valence-electron chi connectivity index (χ0n) is 29.3. The Morgan fingerprint density at radius 3 is 2.38 bits per heavy atom. The van der Waals surface area contributed by atoms with E-state index in [4.69, 9.17) is 29.2 Å². The quantitative estimate of drug-likeness (QED) is 0.0672. The summed E-state index contributed by atoms with van der Waals surface area (Å²) in [6, 6.07) is 5.61. The molecule has 3 rings (SSSR count). The van der Waals surface area contributed by atoms with Gasteiger partial charge in [0, 0.05) is 43.5 Å². The number of carbonyl (C=O) groups is 2. The Balaban J connectivity index is 1.79. The first-order valence-corrected chi connectivity index (χ1v) is 19.5. The number of unbranched alkanes of at least 4 members (excludes halogenated alkanes) is 1. The molecule has 10 nitrogen and oxygen atoms in total. The Morgan fingerprint density at radius 1 is 1.13 bits per heavy atom. The van der Waals surface area contributed by atoms with Crippen molar-refractivity contribution in [2.75, 3.05) is 19.7 Å². The van der Waals surface area contributed by atoms with Crippen LogP contribution in [-0.4, -0.2) is 62.2 Å². The maximum Gasteiger partial charge on any atom is 0.535 e. The van der Waals surface area contributed by atoms with E-state index in [1.165, 1.54) is 0 Å². The van der Waals surface area contributed by atoms with Gasteiger partial charge < -0.3 is 29.3 Å². The van der Waals surface area contributed by atoms with Gasteiger partial charge in [0.15, 0.2) is 14.2 Å². The summed E-state index contributed by atoms with van der Waals surface area (Å²) < 4.78 is 24.6. The van der Waals surface area contributed by atoms with Crippen LogP contribution in [0.2, 0.25) is 18.1 Å². The molecule has 2 aliphatic rings. The molecular formula is C34H57N3O7Si. The molecule has 2 heterocycles. The molecule has 2 aliphatic heterocycles. The number of fused-ring (bicyclic) bond motifs is 1. The van der Waals surface area contributed by atoms with Crippen LogP contribution in [0, 0.1) is 5.92 Å². The Labute approximate surface area is 271 Å². The number of oxime groups is 1. The van der Waals surface area contributed by atoms with Gasteiger partial charge in [0.1, 0.15) is 17.0 Å². The van der Waals surface area contributed by atoms with Crippen LogP contribution < -0.4 is 10.5 Å². The van der Waals surface area contributed by atoms with Gasteiger partial charge in [-0.25, -0.2) is 9.59 Å². The minimum absolute atomic E-state index is 0.00166. The third-order valence-electron chi connectivity index (χ3n) is 9.30. The number of hydrogen-bond donors (Lipinski definition) is 1. The van der Waals surface area contributed by atoms with Gasteiger partial charge >= 0.3 is 12.2 Å². The van der Waals surface area contributed by atoms with Crippen molar-refractivity contribution in [2.24, 2.45) is 16.8 Å². The summed E-state index contributed by atoms with van der Waals surface area (Å²) in [5.74, 6) is 1.08. The molecule has 1 aromatic carbocycles. The van der Waals surface area contributed by atoms with Crippen LogP contribution in [0.5, 0.6) is 5.75 Å². The molecule has 0 radical (unpaired) electrons. The second-order valence-corrected chi connectivity index (χ2v) is 19.9. The molecule has 11 heteroatoms. The number of likely N-dealkylation sites (tertiary alicyclic amines) is 1. The molecule has 2 N–H and O–H groups in total. The van der Waals surface area contributed by atoms with E-state index in [1.54, 1.807) is 4.90 Å². The molecule has 1 saturated heterocycles. The second-order valence-electron chi connectivity index (χ2n) is 15.1. The van der Waals surface area contributed by atoms with Gasteiger partial charge in [-0.2, -0.15) is 0 Å². The predicted octanol–water partition coefficient (Wildman–Crippen LogP) is 8.29. The number of amides is 1. The van der Waals surface area contributed by atoms with E-state index < -0.39 is 25.7 Å². The number of hydrogen-bond acceptors (Lipinski definition) is 8. The molecule has 0 aromatic heterocycles. The number of rotatable bonds is 10. The number of ether oxygens (including phenoxy) is 3. The summed E-state index contributed by atoms with van der Waals surface area (Å²) in [6.45, 7) is 22.4. The lowest BCUT2D eigenvalue weighted by Gasteiger charge is -2.49. The van der Waals surface area contributed by atoms with Crippen molar-refractivity contribution in [3.05, 3.63) is 29.3 Å². The summed E-state index contributed by atoms with van der Waals surface area (Å²) in [4.78, 5) is 31.7. The van der Waals surface area contributed by atoms with Crippen LogP contribution in [0.3, 0.4) is 0 Å². The molecule has 1 amide bonds. The zero-order chi connectivity index (χ0) is 33.6. The van der Waals surface area contributed by atoms with Crippen molar-refractivity contribution < 1.29 is 33.1 Å². The van der Waals surface area contributed by atoms with Crippen LogP contribution in [0.4, 0.5) is 9.59 Å². The molecule has 0 saturated carbocycles. The largest absolute Gasteiger partial charge is 0.535 e. The van der Waals surface area contributed by atoms with Crippen molar-refractivity contribution >= 4 is 26.4 Å². The van der Waals surface area contributed by atoms with Crippen LogP contribution in [0.25, 0.3) is 0 Å². The minimum atomic E-state index is -2.19. The standard InChI is InChI=1S/C34H57N3O7Si/c1-11-13-14-24(12-2)23-40-31(39)43-36-29(35)25-15-16-27-26(21-25)28(44-45(9,10)33(6,7)8)22-34(41-27)17-19-37(20-18-34)30(38)42-32(3,4)5/h15-16,21,24,28H,11-14,17-20,22-23H2,1-10H3,(H2,35,36). The van der Waals surface area contributed by atoms with Gasteiger partial charge in [-0.05, 0) is 69.4 Å². The Kier molecular flexibility index (Phi) is 12.0. The van der Waals surface area contributed by atoms with Gasteiger partial charge in [0.2, 0.25) is 0 Å². The van der Waals surface area contributed by atoms with E-state index in [0.717, 1.165) is 37.0 Å². The highest BCUT2D eigenvalue weighted by molar-refractivity contribution is 6.74. The minimum Gasteiger partial charge on any atom is -0.487 e. The van der Waals surface area contributed by atoms with E-state index in [0.29, 0.717) is 50.4 Å². The van der Waals surface area contributed by atoms with Gasteiger partial charge in [-0.3, -0.25) is 4.84 Å². The smallest absolute Gasteiger partial charge is 0.487 e. The van der Waals surface area contributed by atoms with E-state index in [9.17, 15) is 9.59 Å². The van der Waals surface area contributed by atoms with Crippen LogP contribution in [-0.2, 0) is 18.7 Å². The summed E-state index contributed by atoms with van der Waals surface area (Å²) in [5.41, 5.74) is 6.75. The number of carbonyl (C=O) groups excluding carboxylic acids is 2. The molecule has 254 valence electrons. The highest BCUT2D eigenvalue weighted by Gasteiger charge is 2.48. The van der Waals surface area contributed by atoms with Crippen molar-refractivity contribution in [1.29, 1.82) is 0 Å². The summed E-state index contributed by atoms with van der Waals surface area (Å²) in [5, 5.41) is 3.88. The molecule has 1 aromatic rings. The van der Waals surface area contributed by atoms with Crippen LogP contribution in [0.15, 0.2) is 23.4 Å². The van der Waals surface area contributed by atoms with Gasteiger partial charge in [0.05, 0.1) is 12.7 Å². The third kappa shape index (κ3) is 10.1. The van der Waals surface area contributed by atoms with E-state index >= 15 is 0 Å². The lowest BCUT2D eigenvalue weighted by molar-refractivity contribution is -0.0542. The Bertz CT molecular complexity index is 1200. The zero-order valence-corrected chi connectivity index (χ0v) is 30.3. The summed E-state index contributed by atoms with van der Waals surface area (Å²) >= 11 is 0. The van der Waals surface area contributed by atoms with Crippen molar-refractivity contribution in [3.8, 4) is 5.75 Å². The Hall–Kier alpha value is -2.79. The highest BCUT2D eigenvalue weighted by atomic mass is 28.4. The molecular weight excluding hydrogens is 590 g/mol. The molecule has 0 aliphatic carbocycles. The number of amidine groups is 1. The SMILES string of the molecule is CCCCC(CC)COC(=O)O/N=C(\N)c1ccc2c(c1)C(O[Si](C)(C)C(C)(C)C)CC1(CCN(C(=O)OC(C)(C)C)CC1)O2. The highest BCUT2D eigenvalue weighted by Crippen LogP contribution is 2.49. The summed E-state index contributed by atoms with van der Waals surface area (Å²) in [7, 11) is -2.19.